The average molecular weight is 351 g/mol. The molecule has 136 valence electrons. The van der Waals surface area contributed by atoms with E-state index in [9.17, 15) is 9.59 Å². The Bertz CT molecular complexity index is 736. The molecule has 0 radical (unpaired) electrons. The predicted octanol–water partition coefficient (Wildman–Crippen LogP) is 2.25. The van der Waals surface area contributed by atoms with E-state index in [2.05, 4.69) is 22.3 Å². The maximum absolute atomic E-state index is 12.7. The number of hydrogen-bond donors (Lipinski definition) is 1. The molecule has 0 atom stereocenters. The van der Waals surface area contributed by atoms with E-state index in [-0.39, 0.29) is 11.8 Å². The molecule has 1 aliphatic rings. The highest BCUT2D eigenvalue weighted by Gasteiger charge is 2.23. The fourth-order valence-corrected chi connectivity index (χ4v) is 3.18. The molecule has 2 aromatic rings. The Labute approximate surface area is 154 Å². The summed E-state index contributed by atoms with van der Waals surface area (Å²) in [4.78, 5) is 28.3. The Morgan fingerprint density at radius 3 is 2.12 bits per heavy atom. The van der Waals surface area contributed by atoms with Crippen LogP contribution in [0.15, 0.2) is 54.6 Å². The first kappa shape index (κ1) is 18.1. The van der Waals surface area contributed by atoms with Gasteiger partial charge in [-0.2, -0.15) is 0 Å². The van der Waals surface area contributed by atoms with Gasteiger partial charge in [-0.1, -0.05) is 42.5 Å². The van der Waals surface area contributed by atoms with Gasteiger partial charge in [0.15, 0.2) is 0 Å². The predicted molar refractivity (Wildman–Crippen MR) is 103 cm³/mol. The van der Waals surface area contributed by atoms with Gasteiger partial charge in [-0.3, -0.25) is 14.5 Å². The molecule has 0 aliphatic carbocycles. The molecule has 0 aromatic heterocycles. The third-order valence-corrected chi connectivity index (χ3v) is 4.64. The van der Waals surface area contributed by atoms with Crippen LogP contribution in [0, 0.1) is 0 Å². The normalized spacial score (nSPS) is 14.9. The van der Waals surface area contributed by atoms with Crippen molar-refractivity contribution >= 4 is 11.8 Å². The van der Waals surface area contributed by atoms with Crippen molar-refractivity contribution in [2.24, 2.45) is 0 Å². The molecule has 5 nitrogen and oxygen atoms in total. The number of nitrogens with zero attached hydrogens (tertiary/aromatic N) is 2. The van der Waals surface area contributed by atoms with Gasteiger partial charge in [-0.05, 0) is 30.2 Å². The van der Waals surface area contributed by atoms with E-state index in [0.717, 1.165) is 24.2 Å². The quantitative estimate of drug-likeness (QED) is 0.899. The number of amides is 2. The van der Waals surface area contributed by atoms with Crippen molar-refractivity contribution in [3.63, 3.8) is 0 Å². The van der Waals surface area contributed by atoms with E-state index in [1.165, 1.54) is 0 Å². The number of carbonyl (C=O) groups excluding carboxylic acids is 2. The number of benzene rings is 2. The first-order valence-corrected chi connectivity index (χ1v) is 9.11. The zero-order chi connectivity index (χ0) is 18.4. The first-order valence-electron chi connectivity index (χ1n) is 9.11. The molecule has 1 saturated heterocycles. The topological polar surface area (TPSA) is 52.7 Å². The molecule has 1 fully saturated rings. The second-order valence-corrected chi connectivity index (χ2v) is 6.47. The van der Waals surface area contributed by atoms with Gasteiger partial charge in [-0.15, -0.1) is 0 Å². The van der Waals surface area contributed by atoms with Crippen LogP contribution in [0.5, 0.6) is 0 Å². The summed E-state index contributed by atoms with van der Waals surface area (Å²) in [5, 5.41) is 2.81. The lowest BCUT2D eigenvalue weighted by molar-refractivity contribution is -0.122. The second-order valence-electron chi connectivity index (χ2n) is 6.47. The molecule has 0 unspecified atom stereocenters. The summed E-state index contributed by atoms with van der Waals surface area (Å²) in [5.74, 6) is 0.103. The number of nitrogens with one attached hydrogen (secondary N) is 1. The molecule has 5 heteroatoms. The van der Waals surface area contributed by atoms with Gasteiger partial charge < -0.3 is 10.2 Å². The van der Waals surface area contributed by atoms with Gasteiger partial charge in [0.1, 0.15) is 0 Å². The minimum atomic E-state index is 0.0452. The number of carbonyl (C=O) groups is 2. The van der Waals surface area contributed by atoms with Crippen molar-refractivity contribution in [2.75, 3.05) is 39.3 Å². The number of likely N-dealkylation sites (N-methyl/N-ethyl adjacent to an activating group) is 1. The molecule has 0 bridgehead atoms. The van der Waals surface area contributed by atoms with E-state index >= 15 is 0 Å². The molecule has 3 rings (SSSR count). The molecule has 1 aliphatic heterocycles. The molecule has 1 N–H and O–H groups in total. The van der Waals surface area contributed by atoms with Gasteiger partial charge in [0, 0.05) is 38.3 Å². The largest absolute Gasteiger partial charge is 0.355 e. The van der Waals surface area contributed by atoms with Gasteiger partial charge in [0.25, 0.3) is 5.91 Å². The zero-order valence-corrected chi connectivity index (χ0v) is 15.1. The van der Waals surface area contributed by atoms with Crippen LogP contribution in [0.1, 0.15) is 17.3 Å². The van der Waals surface area contributed by atoms with E-state index < -0.39 is 0 Å². The highest BCUT2D eigenvalue weighted by molar-refractivity contribution is 5.94. The van der Waals surface area contributed by atoms with Crippen LogP contribution < -0.4 is 5.32 Å². The fourth-order valence-electron chi connectivity index (χ4n) is 3.18. The van der Waals surface area contributed by atoms with E-state index in [1.807, 2.05) is 54.3 Å². The third-order valence-electron chi connectivity index (χ3n) is 4.64. The highest BCUT2D eigenvalue weighted by atomic mass is 16.2. The van der Waals surface area contributed by atoms with Crippen LogP contribution in [0.3, 0.4) is 0 Å². The van der Waals surface area contributed by atoms with Crippen molar-refractivity contribution in [3.8, 4) is 11.1 Å². The molecule has 0 saturated carbocycles. The summed E-state index contributed by atoms with van der Waals surface area (Å²) in [6.07, 6.45) is 0. The second kappa shape index (κ2) is 8.63. The van der Waals surface area contributed by atoms with Crippen LogP contribution in [0.4, 0.5) is 0 Å². The first-order chi connectivity index (χ1) is 12.7. The van der Waals surface area contributed by atoms with Crippen LogP contribution in [0.25, 0.3) is 11.1 Å². The van der Waals surface area contributed by atoms with Crippen LogP contribution in [-0.4, -0.2) is 60.9 Å². The molecule has 26 heavy (non-hydrogen) atoms. The van der Waals surface area contributed by atoms with Gasteiger partial charge in [0.05, 0.1) is 6.54 Å². The van der Waals surface area contributed by atoms with Crippen molar-refractivity contribution in [3.05, 3.63) is 60.2 Å². The van der Waals surface area contributed by atoms with Crippen molar-refractivity contribution < 1.29 is 9.59 Å². The standard InChI is InChI=1S/C21H25N3O2/c1-2-22-20(25)16-23-12-14-24(15-13-23)21(26)19-10-8-18(9-11-19)17-6-4-3-5-7-17/h3-11H,2,12-16H2,1H3,(H,22,25). The van der Waals surface area contributed by atoms with E-state index in [4.69, 9.17) is 0 Å². The van der Waals surface area contributed by atoms with Crippen molar-refractivity contribution in [1.82, 2.24) is 15.1 Å². The summed E-state index contributed by atoms with van der Waals surface area (Å²) in [6, 6.07) is 17.9. The Morgan fingerprint density at radius 2 is 1.50 bits per heavy atom. The van der Waals surface area contributed by atoms with Crippen molar-refractivity contribution in [2.45, 2.75) is 6.92 Å². The lowest BCUT2D eigenvalue weighted by Crippen LogP contribution is -2.51. The Morgan fingerprint density at radius 1 is 0.885 bits per heavy atom. The zero-order valence-electron chi connectivity index (χ0n) is 15.1. The average Bonchev–Trinajstić information content (AvgIpc) is 2.69. The van der Waals surface area contributed by atoms with Crippen LogP contribution >= 0.6 is 0 Å². The number of piperazine rings is 1. The smallest absolute Gasteiger partial charge is 0.253 e. The SMILES string of the molecule is CCNC(=O)CN1CCN(C(=O)c2ccc(-c3ccccc3)cc2)CC1. The van der Waals surface area contributed by atoms with Crippen LogP contribution in [0.2, 0.25) is 0 Å². The van der Waals surface area contributed by atoms with Gasteiger partial charge >= 0.3 is 0 Å². The number of hydrogen-bond acceptors (Lipinski definition) is 3. The minimum Gasteiger partial charge on any atom is -0.355 e. The summed E-state index contributed by atoms with van der Waals surface area (Å²) in [6.45, 7) is 5.72. The maximum atomic E-state index is 12.7. The Hall–Kier alpha value is -2.66. The maximum Gasteiger partial charge on any atom is 0.253 e. The van der Waals surface area contributed by atoms with Crippen molar-refractivity contribution in [1.29, 1.82) is 0 Å². The molecule has 2 amide bonds. The monoisotopic (exact) mass is 351 g/mol. The minimum absolute atomic E-state index is 0.0452. The van der Waals surface area contributed by atoms with E-state index in [1.54, 1.807) is 0 Å². The molecular formula is C21H25N3O2. The van der Waals surface area contributed by atoms with E-state index in [0.29, 0.717) is 31.7 Å². The third kappa shape index (κ3) is 4.49. The fraction of sp³-hybridized carbons (Fsp3) is 0.333. The summed E-state index contributed by atoms with van der Waals surface area (Å²) >= 11 is 0. The molecule has 0 spiro atoms. The summed E-state index contributed by atoms with van der Waals surface area (Å²) < 4.78 is 0. The summed E-state index contributed by atoms with van der Waals surface area (Å²) in [7, 11) is 0. The lowest BCUT2D eigenvalue weighted by Gasteiger charge is -2.34. The van der Waals surface area contributed by atoms with Crippen LogP contribution in [-0.2, 0) is 4.79 Å². The Balaban J connectivity index is 1.56. The summed E-state index contributed by atoms with van der Waals surface area (Å²) in [5.41, 5.74) is 2.96. The Kier molecular flexibility index (Phi) is 6.02. The van der Waals surface area contributed by atoms with Gasteiger partial charge in [-0.25, -0.2) is 0 Å². The molecular weight excluding hydrogens is 326 g/mol. The highest BCUT2D eigenvalue weighted by Crippen LogP contribution is 2.20. The lowest BCUT2D eigenvalue weighted by atomic mass is 10.0. The number of rotatable bonds is 5. The van der Waals surface area contributed by atoms with Gasteiger partial charge in [0.2, 0.25) is 5.91 Å². The molecule has 1 heterocycles. The molecule has 2 aromatic carbocycles.